The molecule has 1 heterocycles. The highest BCUT2D eigenvalue weighted by atomic mass is 19.4. The minimum atomic E-state index is -4.27. The lowest BCUT2D eigenvalue weighted by atomic mass is 10.0. The molecule has 168 valence electrons. The van der Waals surface area contributed by atoms with Crippen LogP contribution in [0.5, 0.6) is 0 Å². The third-order valence-corrected chi connectivity index (χ3v) is 4.90. The highest BCUT2D eigenvalue weighted by Crippen LogP contribution is 2.29. The molecule has 0 aliphatic carbocycles. The largest absolute Gasteiger partial charge is 0.473 e. The Kier molecular flexibility index (Phi) is 9.02. The Balaban J connectivity index is 0.000000501. The van der Waals surface area contributed by atoms with Gasteiger partial charge in [-0.05, 0) is 49.2 Å². The number of carbonyl (C=O) groups is 2. The molecular weight excluding hydrogens is 413 g/mol. The predicted octanol–water partition coefficient (Wildman–Crippen LogP) is 3.62. The summed E-state index contributed by atoms with van der Waals surface area (Å²) in [5.41, 5.74) is 1.63. The third-order valence-electron chi connectivity index (χ3n) is 4.90. The van der Waals surface area contributed by atoms with Crippen LogP contribution in [0.1, 0.15) is 29.5 Å². The molecule has 1 aliphatic rings. The minimum absolute atomic E-state index is 0.425. The van der Waals surface area contributed by atoms with Gasteiger partial charge in [-0.3, -0.25) is 4.90 Å². The summed E-state index contributed by atoms with van der Waals surface area (Å²) in [4.78, 5) is 20.6. The fourth-order valence-corrected chi connectivity index (χ4v) is 3.21. The minimum Gasteiger partial charge on any atom is -0.473 e. The molecule has 0 atom stereocenters. The van der Waals surface area contributed by atoms with Crippen LogP contribution in [0.25, 0.3) is 0 Å². The van der Waals surface area contributed by atoms with Gasteiger partial charge in [-0.25, -0.2) is 9.59 Å². The van der Waals surface area contributed by atoms with E-state index in [-0.39, 0.29) is 0 Å². The van der Waals surface area contributed by atoms with Crippen molar-refractivity contribution in [1.82, 2.24) is 10.2 Å². The molecule has 3 N–H and O–H groups in total. The molecule has 0 spiro atoms. The second kappa shape index (κ2) is 11.5. The van der Waals surface area contributed by atoms with Crippen LogP contribution in [-0.2, 0) is 28.9 Å². The molecule has 1 saturated heterocycles. The van der Waals surface area contributed by atoms with Crippen molar-refractivity contribution in [2.75, 3.05) is 13.1 Å². The zero-order chi connectivity index (χ0) is 22.9. The molecule has 2 aromatic carbocycles. The number of nitrogens with one attached hydrogen (secondary N) is 1. The first-order chi connectivity index (χ1) is 14.6. The molecule has 0 radical (unpaired) electrons. The number of carboxylic acid groups (broad SMARTS) is 2. The maximum absolute atomic E-state index is 12.6. The van der Waals surface area contributed by atoms with Gasteiger partial charge in [0.25, 0.3) is 0 Å². The molecule has 0 unspecified atom stereocenters. The summed E-state index contributed by atoms with van der Waals surface area (Å²) in [7, 11) is 0. The maximum atomic E-state index is 12.6. The van der Waals surface area contributed by atoms with E-state index in [4.69, 9.17) is 19.8 Å². The normalized spacial score (nSPS) is 15.1. The maximum Gasteiger partial charge on any atom is 0.416 e. The highest BCUT2D eigenvalue weighted by molar-refractivity contribution is 6.27. The van der Waals surface area contributed by atoms with E-state index >= 15 is 0 Å². The quantitative estimate of drug-likeness (QED) is 0.618. The van der Waals surface area contributed by atoms with Gasteiger partial charge in [-0.15, -0.1) is 0 Å². The van der Waals surface area contributed by atoms with Gasteiger partial charge in [0.15, 0.2) is 0 Å². The molecule has 0 amide bonds. The Hall–Kier alpha value is -2.91. The smallest absolute Gasteiger partial charge is 0.416 e. The molecule has 3 rings (SSSR count). The summed E-state index contributed by atoms with van der Waals surface area (Å²) in [5, 5.41) is 18.3. The molecule has 1 fully saturated rings. The number of benzene rings is 2. The number of rotatable bonds is 5. The monoisotopic (exact) mass is 438 g/mol. The Bertz CT molecular complexity index is 822. The second-order valence-corrected chi connectivity index (χ2v) is 7.22. The molecule has 0 aromatic heterocycles. The lowest BCUT2D eigenvalue weighted by molar-refractivity contribution is -0.159. The molecule has 2 aromatic rings. The van der Waals surface area contributed by atoms with Crippen LogP contribution >= 0.6 is 0 Å². The average molecular weight is 438 g/mol. The third kappa shape index (κ3) is 8.77. The van der Waals surface area contributed by atoms with E-state index in [2.05, 4.69) is 34.5 Å². The van der Waals surface area contributed by atoms with Crippen molar-refractivity contribution in [2.45, 2.75) is 38.1 Å². The van der Waals surface area contributed by atoms with Crippen molar-refractivity contribution < 1.29 is 33.0 Å². The van der Waals surface area contributed by atoms with Gasteiger partial charge < -0.3 is 15.5 Å². The van der Waals surface area contributed by atoms with Crippen molar-refractivity contribution in [1.29, 1.82) is 0 Å². The highest BCUT2D eigenvalue weighted by Gasteiger charge is 2.29. The fourth-order valence-electron chi connectivity index (χ4n) is 3.21. The summed E-state index contributed by atoms with van der Waals surface area (Å²) in [6.45, 7) is 3.67. The van der Waals surface area contributed by atoms with E-state index in [0.717, 1.165) is 50.2 Å². The van der Waals surface area contributed by atoms with Crippen LogP contribution in [0.2, 0.25) is 0 Å². The number of hydrogen-bond acceptors (Lipinski definition) is 4. The van der Waals surface area contributed by atoms with Gasteiger partial charge in [0, 0.05) is 19.1 Å². The number of aliphatic carboxylic acids is 2. The Morgan fingerprint density at radius 3 is 1.94 bits per heavy atom. The number of likely N-dealkylation sites (tertiary alicyclic amines) is 1. The van der Waals surface area contributed by atoms with E-state index in [1.54, 1.807) is 12.1 Å². The van der Waals surface area contributed by atoms with E-state index in [0.29, 0.717) is 12.6 Å². The molecule has 1 aliphatic heterocycles. The SMILES string of the molecule is FC(F)(F)c1ccc(CNC2CCN(Cc3ccccc3)CC2)cc1.O=C(O)C(=O)O. The van der Waals surface area contributed by atoms with E-state index in [1.165, 1.54) is 5.56 Å². The first kappa shape index (κ1) is 24.4. The van der Waals surface area contributed by atoms with E-state index < -0.39 is 23.7 Å². The van der Waals surface area contributed by atoms with Crippen molar-refractivity contribution in [3.05, 3.63) is 71.3 Å². The molecule has 9 heteroatoms. The number of hydrogen-bond donors (Lipinski definition) is 3. The Morgan fingerprint density at radius 1 is 0.903 bits per heavy atom. The lowest BCUT2D eigenvalue weighted by Gasteiger charge is -2.32. The van der Waals surface area contributed by atoms with Gasteiger partial charge in [0.2, 0.25) is 0 Å². The second-order valence-electron chi connectivity index (χ2n) is 7.22. The summed E-state index contributed by atoms with van der Waals surface area (Å²) >= 11 is 0. The van der Waals surface area contributed by atoms with Gasteiger partial charge in [-0.1, -0.05) is 42.5 Å². The summed E-state index contributed by atoms with van der Waals surface area (Å²) in [6, 6.07) is 16.3. The van der Waals surface area contributed by atoms with Gasteiger partial charge >= 0.3 is 18.1 Å². The average Bonchev–Trinajstić information content (AvgIpc) is 2.74. The van der Waals surface area contributed by atoms with Crippen LogP contribution in [0.3, 0.4) is 0 Å². The number of nitrogens with zero attached hydrogens (tertiary/aromatic N) is 1. The number of alkyl halides is 3. The van der Waals surface area contributed by atoms with Crippen LogP contribution in [0.4, 0.5) is 13.2 Å². The number of halogens is 3. The molecule has 6 nitrogen and oxygen atoms in total. The first-order valence-electron chi connectivity index (χ1n) is 9.77. The van der Waals surface area contributed by atoms with Crippen LogP contribution in [-0.4, -0.2) is 46.2 Å². The molecule has 31 heavy (non-hydrogen) atoms. The number of carboxylic acids is 2. The summed E-state index contributed by atoms with van der Waals surface area (Å²) in [5.74, 6) is -3.65. The van der Waals surface area contributed by atoms with Crippen molar-refractivity contribution in [3.63, 3.8) is 0 Å². The molecule has 0 bridgehead atoms. The van der Waals surface area contributed by atoms with Crippen LogP contribution in [0, 0.1) is 0 Å². The Labute approximate surface area is 178 Å². The lowest BCUT2D eigenvalue weighted by Crippen LogP contribution is -2.41. The van der Waals surface area contributed by atoms with Crippen molar-refractivity contribution >= 4 is 11.9 Å². The zero-order valence-corrected chi connectivity index (χ0v) is 16.8. The molecular formula is C22H25F3N2O4. The summed E-state index contributed by atoms with van der Waals surface area (Å²) < 4.78 is 37.7. The van der Waals surface area contributed by atoms with Crippen molar-refractivity contribution in [2.24, 2.45) is 0 Å². The van der Waals surface area contributed by atoms with Gasteiger partial charge in [0.1, 0.15) is 0 Å². The zero-order valence-electron chi connectivity index (χ0n) is 16.8. The topological polar surface area (TPSA) is 89.9 Å². The van der Waals surface area contributed by atoms with Gasteiger partial charge in [0.05, 0.1) is 5.56 Å². The van der Waals surface area contributed by atoms with Crippen LogP contribution in [0.15, 0.2) is 54.6 Å². The van der Waals surface area contributed by atoms with E-state index in [9.17, 15) is 13.2 Å². The number of piperidine rings is 1. The fraction of sp³-hybridized carbons (Fsp3) is 0.364. The molecule has 0 saturated carbocycles. The van der Waals surface area contributed by atoms with Crippen LogP contribution < -0.4 is 5.32 Å². The van der Waals surface area contributed by atoms with Gasteiger partial charge in [-0.2, -0.15) is 13.2 Å². The predicted molar refractivity (Wildman–Crippen MR) is 108 cm³/mol. The standard InChI is InChI=1S/C20H23F3N2.C2H2O4/c21-20(22,23)18-8-6-16(7-9-18)14-24-19-10-12-25(13-11-19)15-17-4-2-1-3-5-17;3-1(4)2(5)6/h1-9,19,24H,10-15H2;(H,3,4)(H,5,6). The Morgan fingerprint density at radius 2 is 1.45 bits per heavy atom. The first-order valence-corrected chi connectivity index (χ1v) is 9.77. The van der Waals surface area contributed by atoms with E-state index in [1.807, 2.05) is 6.07 Å². The summed E-state index contributed by atoms with van der Waals surface area (Å²) in [6.07, 6.45) is -2.14. The van der Waals surface area contributed by atoms with Crippen molar-refractivity contribution in [3.8, 4) is 0 Å².